The van der Waals surface area contributed by atoms with Crippen molar-refractivity contribution in [3.8, 4) is 0 Å². The minimum absolute atomic E-state index is 0.275. The van der Waals surface area contributed by atoms with Crippen molar-refractivity contribution in [3.05, 3.63) is 33.4 Å². The van der Waals surface area contributed by atoms with Crippen LogP contribution in [0.2, 0.25) is 0 Å². The Balaban J connectivity index is 3.66. The van der Waals surface area contributed by atoms with Crippen LogP contribution < -0.4 is 0 Å². The molecular weight excluding hydrogens is 228 g/mol. The molecule has 0 saturated heterocycles. The summed E-state index contributed by atoms with van der Waals surface area (Å²) >= 11 is 0. The van der Waals surface area contributed by atoms with Gasteiger partial charge in [-0.1, -0.05) is 34.6 Å². The zero-order chi connectivity index (χ0) is 15.0. The van der Waals surface area contributed by atoms with Gasteiger partial charge in [-0.25, -0.2) is 0 Å². The molecule has 0 bridgehead atoms. The highest BCUT2D eigenvalue weighted by Gasteiger charge is 2.26. The minimum atomic E-state index is 0.275. The van der Waals surface area contributed by atoms with Crippen LogP contribution in [-0.4, -0.2) is 0 Å². The van der Waals surface area contributed by atoms with Crippen molar-refractivity contribution in [2.24, 2.45) is 0 Å². The molecule has 0 fully saturated rings. The Morgan fingerprint density at radius 1 is 0.842 bits per heavy atom. The van der Waals surface area contributed by atoms with E-state index in [1.165, 1.54) is 35.1 Å². The monoisotopic (exact) mass is 260 g/mol. The Labute approximate surface area is 120 Å². The van der Waals surface area contributed by atoms with Crippen molar-refractivity contribution in [1.29, 1.82) is 0 Å². The first-order valence-electron chi connectivity index (χ1n) is 7.79. The standard InChI is InChI=1S/C19H32/c1-10-12(3)17-13(4)15(6)18(16(7)14(17)5)19(8,9)11-2/h12H,10-11H2,1-9H3. The molecule has 1 aromatic rings. The van der Waals surface area contributed by atoms with E-state index >= 15 is 0 Å². The number of benzene rings is 1. The maximum Gasteiger partial charge on any atom is -0.0101 e. The van der Waals surface area contributed by atoms with Gasteiger partial charge in [-0.2, -0.15) is 0 Å². The third kappa shape index (κ3) is 2.73. The lowest BCUT2D eigenvalue weighted by molar-refractivity contribution is 0.498. The Morgan fingerprint density at radius 2 is 1.26 bits per heavy atom. The largest absolute Gasteiger partial charge is 0.0648 e. The molecular formula is C19H32. The Hall–Kier alpha value is -0.780. The van der Waals surface area contributed by atoms with Crippen molar-refractivity contribution in [3.63, 3.8) is 0 Å². The van der Waals surface area contributed by atoms with Gasteiger partial charge in [-0.3, -0.25) is 0 Å². The van der Waals surface area contributed by atoms with E-state index in [0.29, 0.717) is 5.92 Å². The summed E-state index contributed by atoms with van der Waals surface area (Å²) in [6.45, 7) is 21.0. The van der Waals surface area contributed by atoms with Crippen LogP contribution in [0.1, 0.15) is 86.8 Å². The molecule has 1 rings (SSSR count). The van der Waals surface area contributed by atoms with Crippen molar-refractivity contribution in [2.45, 2.75) is 86.5 Å². The second kappa shape index (κ2) is 5.69. The number of hydrogen-bond donors (Lipinski definition) is 0. The van der Waals surface area contributed by atoms with Crippen LogP contribution in [0.5, 0.6) is 0 Å². The number of hydrogen-bond acceptors (Lipinski definition) is 0. The molecule has 0 aromatic heterocycles. The predicted molar refractivity (Wildman–Crippen MR) is 87.4 cm³/mol. The van der Waals surface area contributed by atoms with Gasteiger partial charge in [0, 0.05) is 0 Å². The highest BCUT2D eigenvalue weighted by Crippen LogP contribution is 2.39. The zero-order valence-corrected chi connectivity index (χ0v) is 14.5. The maximum atomic E-state index is 2.38. The second-order valence-corrected chi connectivity index (χ2v) is 6.84. The molecule has 0 amide bonds. The first kappa shape index (κ1) is 16.3. The average molecular weight is 260 g/mol. The Bertz CT molecular complexity index is 434. The van der Waals surface area contributed by atoms with Gasteiger partial charge in [0.25, 0.3) is 0 Å². The second-order valence-electron chi connectivity index (χ2n) is 6.84. The summed E-state index contributed by atoms with van der Waals surface area (Å²) in [6.07, 6.45) is 2.41. The summed E-state index contributed by atoms with van der Waals surface area (Å²) in [6, 6.07) is 0. The van der Waals surface area contributed by atoms with Crippen molar-refractivity contribution < 1.29 is 0 Å². The molecule has 0 heterocycles. The van der Waals surface area contributed by atoms with E-state index in [4.69, 9.17) is 0 Å². The summed E-state index contributed by atoms with van der Waals surface area (Å²) in [4.78, 5) is 0. The first-order valence-corrected chi connectivity index (χ1v) is 7.79. The molecule has 0 N–H and O–H groups in total. The quantitative estimate of drug-likeness (QED) is 0.611. The van der Waals surface area contributed by atoms with Gasteiger partial charge < -0.3 is 0 Å². The van der Waals surface area contributed by atoms with E-state index in [1.54, 1.807) is 11.1 Å². The Morgan fingerprint density at radius 3 is 1.58 bits per heavy atom. The lowest BCUT2D eigenvalue weighted by Crippen LogP contribution is -2.21. The smallest absolute Gasteiger partial charge is 0.0101 e. The highest BCUT2D eigenvalue weighted by molar-refractivity contribution is 5.53. The molecule has 19 heavy (non-hydrogen) atoms. The van der Waals surface area contributed by atoms with E-state index in [0.717, 1.165) is 0 Å². The molecule has 0 aliphatic heterocycles. The SMILES string of the molecule is CCC(C)c1c(C)c(C)c(C(C)(C)CC)c(C)c1C. The normalized spacial score (nSPS) is 13.7. The molecule has 0 heteroatoms. The highest BCUT2D eigenvalue weighted by atomic mass is 14.3. The van der Waals surface area contributed by atoms with Crippen molar-refractivity contribution >= 4 is 0 Å². The molecule has 0 spiro atoms. The third-order valence-electron chi connectivity index (χ3n) is 5.35. The van der Waals surface area contributed by atoms with Gasteiger partial charge in [0.2, 0.25) is 0 Å². The Kier molecular flexibility index (Phi) is 4.87. The van der Waals surface area contributed by atoms with Gasteiger partial charge in [0.1, 0.15) is 0 Å². The zero-order valence-electron chi connectivity index (χ0n) is 14.5. The van der Waals surface area contributed by atoms with Gasteiger partial charge in [-0.05, 0) is 85.3 Å². The average Bonchev–Trinajstić information content (AvgIpc) is 2.36. The fourth-order valence-corrected chi connectivity index (χ4v) is 3.48. The summed E-state index contributed by atoms with van der Waals surface area (Å²) < 4.78 is 0. The van der Waals surface area contributed by atoms with Crippen molar-refractivity contribution in [1.82, 2.24) is 0 Å². The van der Waals surface area contributed by atoms with Crippen molar-refractivity contribution in [2.75, 3.05) is 0 Å². The van der Waals surface area contributed by atoms with Gasteiger partial charge in [0.05, 0.1) is 0 Å². The van der Waals surface area contributed by atoms with Crippen LogP contribution in [0.15, 0.2) is 0 Å². The third-order valence-corrected chi connectivity index (χ3v) is 5.35. The van der Waals surface area contributed by atoms with E-state index in [-0.39, 0.29) is 5.41 Å². The summed E-state index contributed by atoms with van der Waals surface area (Å²) in [5.41, 5.74) is 9.53. The lowest BCUT2D eigenvalue weighted by Gasteiger charge is -2.32. The lowest BCUT2D eigenvalue weighted by atomic mass is 9.72. The molecule has 0 radical (unpaired) electrons. The molecule has 0 saturated carbocycles. The van der Waals surface area contributed by atoms with Crippen LogP contribution in [0, 0.1) is 27.7 Å². The molecule has 1 unspecified atom stereocenters. The van der Waals surface area contributed by atoms with E-state index in [2.05, 4.69) is 62.3 Å². The molecule has 1 aromatic carbocycles. The fraction of sp³-hybridized carbons (Fsp3) is 0.684. The maximum absolute atomic E-state index is 2.38. The van der Waals surface area contributed by atoms with E-state index in [1.807, 2.05) is 0 Å². The van der Waals surface area contributed by atoms with Crippen LogP contribution in [0.3, 0.4) is 0 Å². The molecule has 0 nitrogen and oxygen atoms in total. The van der Waals surface area contributed by atoms with Crippen LogP contribution in [0.4, 0.5) is 0 Å². The minimum Gasteiger partial charge on any atom is -0.0648 e. The van der Waals surface area contributed by atoms with Gasteiger partial charge in [-0.15, -0.1) is 0 Å². The number of rotatable bonds is 4. The van der Waals surface area contributed by atoms with Gasteiger partial charge >= 0.3 is 0 Å². The fourth-order valence-electron chi connectivity index (χ4n) is 3.48. The summed E-state index contributed by atoms with van der Waals surface area (Å²) in [7, 11) is 0. The van der Waals surface area contributed by atoms with Crippen LogP contribution in [-0.2, 0) is 5.41 Å². The molecule has 0 aliphatic rings. The van der Waals surface area contributed by atoms with E-state index < -0.39 is 0 Å². The summed E-state index contributed by atoms with van der Waals surface area (Å²) in [5, 5.41) is 0. The molecule has 0 aliphatic carbocycles. The topological polar surface area (TPSA) is 0 Å². The predicted octanol–water partition coefficient (Wildman–Crippen LogP) is 6.12. The van der Waals surface area contributed by atoms with E-state index in [9.17, 15) is 0 Å². The molecule has 108 valence electrons. The van der Waals surface area contributed by atoms with Crippen LogP contribution >= 0.6 is 0 Å². The van der Waals surface area contributed by atoms with Gasteiger partial charge in [0.15, 0.2) is 0 Å². The van der Waals surface area contributed by atoms with Crippen LogP contribution in [0.25, 0.3) is 0 Å². The molecule has 1 atom stereocenters. The first-order chi connectivity index (χ1) is 8.68. The summed E-state index contributed by atoms with van der Waals surface area (Å²) in [5.74, 6) is 0.663.